The maximum atomic E-state index is 12.5. The lowest BCUT2D eigenvalue weighted by Crippen LogP contribution is -2.34. The Labute approximate surface area is 145 Å². The number of likely N-dealkylation sites (tertiary alicyclic amines) is 1. The minimum absolute atomic E-state index is 0.0381. The lowest BCUT2D eigenvalue weighted by atomic mass is 10.1. The van der Waals surface area contributed by atoms with E-state index in [2.05, 4.69) is 10.3 Å². The third-order valence-electron chi connectivity index (χ3n) is 4.24. The van der Waals surface area contributed by atoms with Crippen molar-refractivity contribution in [2.45, 2.75) is 32.9 Å². The number of nitrogens with zero attached hydrogens (tertiary/aromatic N) is 2. The van der Waals surface area contributed by atoms with Gasteiger partial charge in [0.1, 0.15) is 0 Å². The lowest BCUT2D eigenvalue weighted by molar-refractivity contribution is -0.129. The average molecular weight is 343 g/mol. The van der Waals surface area contributed by atoms with Crippen LogP contribution in [0.2, 0.25) is 0 Å². The van der Waals surface area contributed by atoms with Gasteiger partial charge in [-0.3, -0.25) is 9.59 Å². The highest BCUT2D eigenvalue weighted by Gasteiger charge is 2.34. The first-order valence-corrected chi connectivity index (χ1v) is 8.95. The van der Waals surface area contributed by atoms with Crippen LogP contribution >= 0.6 is 11.3 Å². The molecule has 1 saturated heterocycles. The summed E-state index contributed by atoms with van der Waals surface area (Å²) in [6.45, 7) is 4.90. The molecule has 1 aromatic carbocycles. The Morgan fingerprint density at radius 1 is 1.42 bits per heavy atom. The number of thiazole rings is 1. The predicted octanol–water partition coefficient (Wildman–Crippen LogP) is 2.68. The summed E-state index contributed by atoms with van der Waals surface area (Å²) in [5.74, 6) is -0.323. The van der Waals surface area contributed by atoms with Crippen molar-refractivity contribution in [1.82, 2.24) is 15.2 Å². The molecule has 2 heterocycles. The molecule has 0 aliphatic carbocycles. The highest BCUT2D eigenvalue weighted by Crippen LogP contribution is 2.22. The monoisotopic (exact) mass is 343 g/mol. The summed E-state index contributed by atoms with van der Waals surface area (Å²) in [6.07, 6.45) is 0.279. The van der Waals surface area contributed by atoms with Gasteiger partial charge < -0.3 is 10.2 Å². The second-order valence-corrected chi connectivity index (χ2v) is 7.24. The van der Waals surface area contributed by atoms with Crippen LogP contribution in [0.25, 0.3) is 0 Å². The number of aryl methyl sites for hydroxylation is 1. The molecule has 6 heteroatoms. The quantitative estimate of drug-likeness (QED) is 0.908. The minimum atomic E-state index is -0.289. The number of aromatic nitrogens is 1. The first-order valence-electron chi connectivity index (χ1n) is 8.07. The fourth-order valence-electron chi connectivity index (χ4n) is 2.89. The van der Waals surface area contributed by atoms with Crippen molar-refractivity contribution in [2.75, 3.05) is 6.54 Å². The molecule has 2 aromatic rings. The van der Waals surface area contributed by atoms with Crippen LogP contribution in [-0.2, 0) is 16.1 Å². The average Bonchev–Trinajstić information content (AvgIpc) is 3.15. The van der Waals surface area contributed by atoms with Gasteiger partial charge in [-0.15, -0.1) is 11.3 Å². The Morgan fingerprint density at radius 3 is 2.83 bits per heavy atom. The van der Waals surface area contributed by atoms with Crippen LogP contribution < -0.4 is 5.32 Å². The summed E-state index contributed by atoms with van der Waals surface area (Å²) in [5.41, 5.74) is 1.95. The summed E-state index contributed by atoms with van der Waals surface area (Å²) in [5, 5.41) is 5.93. The van der Waals surface area contributed by atoms with Crippen LogP contribution in [0.3, 0.4) is 0 Å². The highest BCUT2D eigenvalue weighted by molar-refractivity contribution is 7.09. The fraction of sp³-hybridized carbons (Fsp3) is 0.389. The Morgan fingerprint density at radius 2 is 2.17 bits per heavy atom. The number of carbonyl (C=O) groups excluding carboxylic acids is 2. The van der Waals surface area contributed by atoms with Gasteiger partial charge in [0.25, 0.3) is 0 Å². The van der Waals surface area contributed by atoms with E-state index in [4.69, 9.17) is 0 Å². The Hall–Kier alpha value is -2.21. The van der Waals surface area contributed by atoms with E-state index in [-0.39, 0.29) is 30.2 Å². The van der Waals surface area contributed by atoms with Gasteiger partial charge in [0.05, 0.1) is 22.7 Å². The molecular formula is C18H21N3O2S. The van der Waals surface area contributed by atoms with Crippen LogP contribution in [0.1, 0.15) is 35.7 Å². The summed E-state index contributed by atoms with van der Waals surface area (Å²) >= 11 is 1.57. The molecule has 2 atom stereocenters. The third-order valence-corrected chi connectivity index (χ3v) is 5.03. The third kappa shape index (κ3) is 3.82. The smallest absolute Gasteiger partial charge is 0.225 e. The molecule has 0 bridgehead atoms. The molecule has 5 nitrogen and oxygen atoms in total. The number of nitrogens with one attached hydrogen (secondary N) is 1. The van der Waals surface area contributed by atoms with Crippen molar-refractivity contribution in [3.05, 3.63) is 52.0 Å². The maximum absolute atomic E-state index is 12.5. The molecule has 2 unspecified atom stereocenters. The molecule has 0 spiro atoms. The van der Waals surface area contributed by atoms with E-state index in [0.717, 1.165) is 16.3 Å². The van der Waals surface area contributed by atoms with E-state index in [0.29, 0.717) is 13.1 Å². The Bertz CT molecular complexity index is 729. The van der Waals surface area contributed by atoms with Gasteiger partial charge in [-0.2, -0.15) is 0 Å². The Kier molecular flexibility index (Phi) is 4.94. The van der Waals surface area contributed by atoms with E-state index in [9.17, 15) is 9.59 Å². The van der Waals surface area contributed by atoms with Crippen molar-refractivity contribution < 1.29 is 9.59 Å². The molecule has 24 heavy (non-hydrogen) atoms. The largest absolute Gasteiger partial charge is 0.348 e. The molecule has 1 aliphatic heterocycles. The van der Waals surface area contributed by atoms with Crippen molar-refractivity contribution in [1.29, 1.82) is 0 Å². The van der Waals surface area contributed by atoms with Gasteiger partial charge in [0, 0.05) is 24.9 Å². The molecule has 0 radical (unpaired) electrons. The van der Waals surface area contributed by atoms with Crippen LogP contribution in [0.4, 0.5) is 0 Å². The first-order chi connectivity index (χ1) is 11.5. The van der Waals surface area contributed by atoms with Gasteiger partial charge in [0.15, 0.2) is 0 Å². The minimum Gasteiger partial charge on any atom is -0.348 e. The SMILES string of the molecule is Cc1nc(C(C)NC(=O)C2CC(=O)N(Cc3ccccc3)C2)cs1. The fourth-order valence-corrected chi connectivity index (χ4v) is 3.59. The number of benzene rings is 1. The second kappa shape index (κ2) is 7.13. The molecule has 2 amide bonds. The summed E-state index contributed by atoms with van der Waals surface area (Å²) in [7, 11) is 0. The molecular weight excluding hydrogens is 322 g/mol. The zero-order chi connectivity index (χ0) is 17.1. The van der Waals surface area contributed by atoms with Crippen molar-refractivity contribution in [3.63, 3.8) is 0 Å². The highest BCUT2D eigenvalue weighted by atomic mass is 32.1. The number of hydrogen-bond donors (Lipinski definition) is 1. The normalized spacial score (nSPS) is 18.7. The number of amides is 2. The molecule has 1 N–H and O–H groups in total. The molecule has 1 aromatic heterocycles. The number of carbonyl (C=O) groups is 2. The van der Waals surface area contributed by atoms with Gasteiger partial charge in [-0.1, -0.05) is 30.3 Å². The van der Waals surface area contributed by atoms with Crippen molar-refractivity contribution in [3.8, 4) is 0 Å². The van der Waals surface area contributed by atoms with Gasteiger partial charge in [-0.25, -0.2) is 4.98 Å². The molecule has 126 valence electrons. The molecule has 1 aliphatic rings. The Balaban J connectivity index is 1.57. The second-order valence-electron chi connectivity index (χ2n) is 6.18. The van der Waals surface area contributed by atoms with Gasteiger partial charge in [0.2, 0.25) is 11.8 Å². The van der Waals surface area contributed by atoms with Crippen LogP contribution in [0.5, 0.6) is 0 Å². The van der Waals surface area contributed by atoms with Crippen LogP contribution in [0.15, 0.2) is 35.7 Å². The topological polar surface area (TPSA) is 62.3 Å². The van der Waals surface area contributed by atoms with E-state index in [1.165, 1.54) is 0 Å². The molecule has 3 rings (SSSR count). The molecule has 1 fully saturated rings. The van der Waals surface area contributed by atoms with Gasteiger partial charge >= 0.3 is 0 Å². The summed E-state index contributed by atoms with van der Waals surface area (Å²) in [4.78, 5) is 30.8. The van der Waals surface area contributed by atoms with E-state index in [1.54, 1.807) is 16.2 Å². The summed E-state index contributed by atoms with van der Waals surface area (Å²) < 4.78 is 0. The van der Waals surface area contributed by atoms with E-state index >= 15 is 0 Å². The van der Waals surface area contributed by atoms with E-state index in [1.807, 2.05) is 49.6 Å². The standard InChI is InChI=1S/C18H21N3O2S/c1-12(16-11-24-13(2)20-16)19-18(23)15-8-17(22)21(10-15)9-14-6-4-3-5-7-14/h3-7,11-12,15H,8-10H2,1-2H3,(H,19,23). The van der Waals surface area contributed by atoms with Crippen molar-refractivity contribution in [2.24, 2.45) is 5.92 Å². The summed E-state index contributed by atoms with van der Waals surface area (Å²) in [6, 6.07) is 9.71. The van der Waals surface area contributed by atoms with Crippen LogP contribution in [-0.4, -0.2) is 28.2 Å². The number of hydrogen-bond acceptors (Lipinski definition) is 4. The molecule has 0 saturated carbocycles. The maximum Gasteiger partial charge on any atom is 0.225 e. The van der Waals surface area contributed by atoms with Gasteiger partial charge in [-0.05, 0) is 19.4 Å². The first kappa shape index (κ1) is 16.6. The lowest BCUT2D eigenvalue weighted by Gasteiger charge is -2.18. The zero-order valence-electron chi connectivity index (χ0n) is 13.9. The predicted molar refractivity (Wildman–Crippen MR) is 93.4 cm³/mol. The van der Waals surface area contributed by atoms with Crippen LogP contribution in [0, 0.1) is 12.8 Å². The zero-order valence-corrected chi connectivity index (χ0v) is 14.7. The number of rotatable bonds is 5. The van der Waals surface area contributed by atoms with E-state index < -0.39 is 0 Å². The van der Waals surface area contributed by atoms with Crippen molar-refractivity contribution >= 4 is 23.2 Å².